The van der Waals surface area contributed by atoms with Gasteiger partial charge in [-0.25, -0.2) is 0 Å². The third-order valence-corrected chi connectivity index (χ3v) is 4.64. The molecule has 5 heteroatoms. The van der Waals surface area contributed by atoms with E-state index in [-0.39, 0.29) is 17.4 Å². The molecule has 0 radical (unpaired) electrons. The molecule has 24 heavy (non-hydrogen) atoms. The van der Waals surface area contributed by atoms with Crippen LogP contribution in [-0.4, -0.2) is 34.0 Å². The Balaban J connectivity index is 1.64. The van der Waals surface area contributed by atoms with E-state index in [1.54, 1.807) is 17.9 Å². The van der Waals surface area contributed by atoms with E-state index in [2.05, 4.69) is 4.98 Å². The summed E-state index contributed by atoms with van der Waals surface area (Å²) in [7, 11) is 0. The Kier molecular flexibility index (Phi) is 4.81. The molecule has 2 heterocycles. The van der Waals surface area contributed by atoms with Gasteiger partial charge in [0.05, 0.1) is 6.10 Å². The summed E-state index contributed by atoms with van der Waals surface area (Å²) >= 11 is 0. The average molecular weight is 326 g/mol. The molecule has 2 N–H and O–H groups in total. The summed E-state index contributed by atoms with van der Waals surface area (Å²) in [6.45, 7) is 2.96. The van der Waals surface area contributed by atoms with E-state index in [9.17, 15) is 14.7 Å². The van der Waals surface area contributed by atoms with Crippen LogP contribution in [0.4, 0.5) is 0 Å². The summed E-state index contributed by atoms with van der Waals surface area (Å²) in [5.74, 6) is 0.0363. The molecule has 5 nitrogen and oxygen atoms in total. The maximum atomic E-state index is 12.6. The number of piperidine rings is 1. The van der Waals surface area contributed by atoms with Crippen molar-refractivity contribution in [3.05, 3.63) is 69.6 Å². The van der Waals surface area contributed by atoms with E-state index in [0.29, 0.717) is 24.3 Å². The highest BCUT2D eigenvalue weighted by molar-refractivity contribution is 5.94. The maximum Gasteiger partial charge on any atom is 0.254 e. The predicted octanol–water partition coefficient (Wildman–Crippen LogP) is 2.27. The van der Waals surface area contributed by atoms with Crippen LogP contribution >= 0.6 is 0 Å². The Labute approximate surface area is 140 Å². The van der Waals surface area contributed by atoms with Crippen molar-refractivity contribution in [3.63, 3.8) is 0 Å². The van der Waals surface area contributed by atoms with Gasteiger partial charge in [0, 0.05) is 30.4 Å². The quantitative estimate of drug-likeness (QED) is 0.909. The third kappa shape index (κ3) is 3.57. The lowest BCUT2D eigenvalue weighted by Gasteiger charge is -2.34. The van der Waals surface area contributed by atoms with Crippen LogP contribution in [0.1, 0.15) is 40.6 Å². The lowest BCUT2D eigenvalue weighted by molar-refractivity contribution is 0.0462. The standard InChI is InChI=1S/C19H22N2O3/c1-13-11-16(12-17(22)20-13)19(24)21-9-7-15(8-10-21)18(23)14-5-3-2-4-6-14/h2-6,11-12,15,18,23H,7-10H2,1H3,(H,20,22). The summed E-state index contributed by atoms with van der Waals surface area (Å²) in [6.07, 6.45) is 1.01. The lowest BCUT2D eigenvalue weighted by Crippen LogP contribution is -2.40. The van der Waals surface area contributed by atoms with Crippen LogP contribution in [0.15, 0.2) is 47.3 Å². The van der Waals surface area contributed by atoms with Crippen LogP contribution in [0, 0.1) is 12.8 Å². The van der Waals surface area contributed by atoms with Gasteiger partial charge < -0.3 is 15.0 Å². The summed E-state index contributed by atoms with van der Waals surface area (Å²) in [5.41, 5.74) is 1.78. The third-order valence-electron chi connectivity index (χ3n) is 4.64. The number of pyridine rings is 1. The summed E-state index contributed by atoms with van der Waals surface area (Å²) in [6, 6.07) is 12.7. The Hall–Kier alpha value is -2.40. The van der Waals surface area contributed by atoms with Crippen LogP contribution in [-0.2, 0) is 0 Å². The Bertz CT molecular complexity index is 762. The number of carbonyl (C=O) groups excluding carboxylic acids is 1. The molecular formula is C19H22N2O3. The first-order chi connectivity index (χ1) is 11.5. The number of hydrogen-bond acceptors (Lipinski definition) is 3. The number of nitrogens with zero attached hydrogens (tertiary/aromatic N) is 1. The monoisotopic (exact) mass is 326 g/mol. The topological polar surface area (TPSA) is 73.4 Å². The normalized spacial score (nSPS) is 16.8. The van der Waals surface area contributed by atoms with Crippen molar-refractivity contribution >= 4 is 5.91 Å². The van der Waals surface area contributed by atoms with E-state index in [1.807, 2.05) is 30.3 Å². The molecule has 1 saturated heterocycles. The molecule has 0 aliphatic carbocycles. The van der Waals surface area contributed by atoms with Gasteiger partial charge in [0.2, 0.25) is 5.56 Å². The molecule has 3 rings (SSSR count). The van der Waals surface area contributed by atoms with Gasteiger partial charge in [0.15, 0.2) is 0 Å². The molecule has 2 aromatic rings. The van der Waals surface area contributed by atoms with Crippen molar-refractivity contribution in [2.45, 2.75) is 25.9 Å². The zero-order chi connectivity index (χ0) is 17.1. The molecule has 1 atom stereocenters. The Morgan fingerprint density at radius 2 is 1.88 bits per heavy atom. The molecule has 1 unspecified atom stereocenters. The number of rotatable bonds is 3. The Morgan fingerprint density at radius 3 is 2.50 bits per heavy atom. The average Bonchev–Trinajstić information content (AvgIpc) is 2.60. The second-order valence-electron chi connectivity index (χ2n) is 6.40. The van der Waals surface area contributed by atoms with Crippen LogP contribution in [0.5, 0.6) is 0 Å². The first kappa shape index (κ1) is 16.5. The second-order valence-corrected chi connectivity index (χ2v) is 6.40. The number of aromatic nitrogens is 1. The molecule has 1 fully saturated rings. The van der Waals surface area contributed by atoms with Crippen LogP contribution in [0.2, 0.25) is 0 Å². The number of H-pyrrole nitrogens is 1. The van der Waals surface area contributed by atoms with E-state index in [4.69, 9.17) is 0 Å². The molecule has 0 spiro atoms. The van der Waals surface area contributed by atoms with Gasteiger partial charge in [-0.05, 0) is 37.3 Å². The molecule has 1 aliphatic heterocycles. The number of aromatic amines is 1. The molecule has 1 aromatic carbocycles. The first-order valence-corrected chi connectivity index (χ1v) is 8.28. The number of carbonyl (C=O) groups is 1. The summed E-state index contributed by atoms with van der Waals surface area (Å²) in [5, 5.41) is 10.5. The van der Waals surface area contributed by atoms with Gasteiger partial charge in [0.25, 0.3) is 5.91 Å². The molecule has 0 saturated carbocycles. The second kappa shape index (κ2) is 7.01. The fourth-order valence-corrected chi connectivity index (χ4v) is 3.33. The maximum absolute atomic E-state index is 12.6. The largest absolute Gasteiger partial charge is 0.388 e. The molecule has 0 bridgehead atoms. The highest BCUT2D eigenvalue weighted by atomic mass is 16.3. The number of aryl methyl sites for hydroxylation is 1. The smallest absolute Gasteiger partial charge is 0.254 e. The van der Waals surface area contributed by atoms with Gasteiger partial charge in [-0.3, -0.25) is 9.59 Å². The Morgan fingerprint density at radius 1 is 1.21 bits per heavy atom. The van der Waals surface area contributed by atoms with Gasteiger partial charge in [-0.15, -0.1) is 0 Å². The van der Waals surface area contributed by atoms with Crippen molar-refractivity contribution in [1.82, 2.24) is 9.88 Å². The summed E-state index contributed by atoms with van der Waals surface area (Å²) < 4.78 is 0. The zero-order valence-electron chi connectivity index (χ0n) is 13.7. The molecule has 126 valence electrons. The van der Waals surface area contributed by atoms with Crippen LogP contribution < -0.4 is 5.56 Å². The van der Waals surface area contributed by atoms with Crippen molar-refractivity contribution in [1.29, 1.82) is 0 Å². The number of nitrogens with one attached hydrogen (secondary N) is 1. The van der Waals surface area contributed by atoms with Gasteiger partial charge in [-0.1, -0.05) is 30.3 Å². The van der Waals surface area contributed by atoms with Crippen molar-refractivity contribution in [2.24, 2.45) is 5.92 Å². The summed E-state index contributed by atoms with van der Waals surface area (Å²) in [4.78, 5) is 28.5. The van der Waals surface area contributed by atoms with E-state index >= 15 is 0 Å². The lowest BCUT2D eigenvalue weighted by atomic mass is 9.87. The van der Waals surface area contributed by atoms with Crippen LogP contribution in [0.3, 0.4) is 0 Å². The molecule has 1 amide bonds. The minimum Gasteiger partial charge on any atom is -0.388 e. The fourth-order valence-electron chi connectivity index (χ4n) is 3.33. The highest BCUT2D eigenvalue weighted by Gasteiger charge is 2.28. The molecule has 1 aliphatic rings. The van der Waals surface area contributed by atoms with E-state index in [0.717, 1.165) is 18.4 Å². The predicted molar refractivity (Wildman–Crippen MR) is 91.8 cm³/mol. The minimum atomic E-state index is -0.495. The van der Waals surface area contributed by atoms with Crippen molar-refractivity contribution in [2.75, 3.05) is 13.1 Å². The number of aliphatic hydroxyl groups is 1. The van der Waals surface area contributed by atoms with Crippen molar-refractivity contribution < 1.29 is 9.90 Å². The number of likely N-dealkylation sites (tertiary alicyclic amines) is 1. The van der Waals surface area contributed by atoms with Crippen LogP contribution in [0.25, 0.3) is 0 Å². The highest BCUT2D eigenvalue weighted by Crippen LogP contribution is 2.30. The van der Waals surface area contributed by atoms with E-state index in [1.165, 1.54) is 6.07 Å². The number of hydrogen-bond donors (Lipinski definition) is 2. The van der Waals surface area contributed by atoms with Gasteiger partial charge in [-0.2, -0.15) is 0 Å². The SMILES string of the molecule is Cc1cc(C(=O)N2CCC(C(O)c3ccccc3)CC2)cc(=O)[nH]1. The molecular weight excluding hydrogens is 304 g/mol. The first-order valence-electron chi connectivity index (χ1n) is 8.28. The van der Waals surface area contributed by atoms with Gasteiger partial charge >= 0.3 is 0 Å². The number of benzene rings is 1. The number of aliphatic hydroxyl groups excluding tert-OH is 1. The van der Waals surface area contributed by atoms with Crippen molar-refractivity contribution in [3.8, 4) is 0 Å². The number of amides is 1. The minimum absolute atomic E-state index is 0.114. The zero-order valence-corrected chi connectivity index (χ0v) is 13.7. The van der Waals surface area contributed by atoms with E-state index < -0.39 is 6.10 Å². The fraction of sp³-hybridized carbons (Fsp3) is 0.368. The van der Waals surface area contributed by atoms with Gasteiger partial charge in [0.1, 0.15) is 0 Å². The molecule has 1 aromatic heterocycles.